The van der Waals surface area contributed by atoms with Crippen molar-refractivity contribution in [2.24, 2.45) is 0 Å². The highest BCUT2D eigenvalue weighted by Gasteiger charge is 2.00. The molecule has 0 bridgehead atoms. The van der Waals surface area contributed by atoms with Crippen molar-refractivity contribution < 1.29 is 19.7 Å². The quantitative estimate of drug-likeness (QED) is 0.511. The Morgan fingerprint density at radius 3 is 2.53 bits per heavy atom. The molecule has 0 fully saturated rings. The first-order valence-corrected chi connectivity index (χ1v) is 4.81. The van der Waals surface area contributed by atoms with Gasteiger partial charge in [0.1, 0.15) is 12.9 Å². The van der Waals surface area contributed by atoms with E-state index in [4.69, 9.17) is 19.7 Å². The minimum absolute atomic E-state index is 0.0886. The maximum atomic E-state index is 8.94. The minimum Gasteiger partial charge on any atom is -0.394 e. The van der Waals surface area contributed by atoms with E-state index < -0.39 is 6.10 Å². The van der Waals surface area contributed by atoms with Crippen LogP contribution in [0.5, 0.6) is 0 Å². The second-order valence-electron chi connectivity index (χ2n) is 3.16. The van der Waals surface area contributed by atoms with E-state index in [0.29, 0.717) is 6.61 Å². The zero-order valence-corrected chi connectivity index (χ0v) is 8.50. The van der Waals surface area contributed by atoms with Gasteiger partial charge in [-0.1, -0.05) is 30.3 Å². The van der Waals surface area contributed by atoms with Crippen LogP contribution in [-0.2, 0) is 16.1 Å². The lowest BCUT2D eigenvalue weighted by Crippen LogP contribution is -2.20. The molecule has 1 rings (SSSR count). The molecule has 0 aliphatic heterocycles. The minimum atomic E-state index is -0.828. The summed E-state index contributed by atoms with van der Waals surface area (Å²) in [4.78, 5) is 0. The van der Waals surface area contributed by atoms with Crippen molar-refractivity contribution in [1.82, 2.24) is 0 Å². The molecule has 2 N–H and O–H groups in total. The van der Waals surface area contributed by atoms with Crippen molar-refractivity contribution in [2.75, 3.05) is 20.0 Å². The third-order valence-corrected chi connectivity index (χ3v) is 1.80. The molecule has 0 heterocycles. The molecule has 0 aliphatic rings. The number of benzene rings is 1. The summed E-state index contributed by atoms with van der Waals surface area (Å²) in [6.07, 6.45) is -0.828. The fraction of sp³-hybridized carbons (Fsp3) is 0.455. The van der Waals surface area contributed by atoms with Crippen LogP contribution in [0.25, 0.3) is 0 Å². The molecular weight excluding hydrogens is 196 g/mol. The lowest BCUT2D eigenvalue weighted by atomic mass is 10.2. The maximum absolute atomic E-state index is 8.94. The van der Waals surface area contributed by atoms with Crippen molar-refractivity contribution in [3.05, 3.63) is 35.9 Å². The highest BCUT2D eigenvalue weighted by molar-refractivity contribution is 5.13. The van der Waals surface area contributed by atoms with Gasteiger partial charge in [0.05, 0.1) is 19.8 Å². The van der Waals surface area contributed by atoms with Gasteiger partial charge >= 0.3 is 0 Å². The van der Waals surface area contributed by atoms with Gasteiger partial charge in [-0.2, -0.15) is 0 Å². The molecule has 84 valence electrons. The first-order chi connectivity index (χ1) is 7.33. The molecule has 1 aromatic rings. The molecule has 4 heteroatoms. The van der Waals surface area contributed by atoms with Crippen LogP contribution < -0.4 is 0 Å². The highest BCUT2D eigenvalue weighted by Crippen LogP contribution is 2.00. The van der Waals surface area contributed by atoms with E-state index >= 15 is 0 Å². The first-order valence-electron chi connectivity index (χ1n) is 4.81. The van der Waals surface area contributed by atoms with Crippen LogP contribution in [0.15, 0.2) is 30.3 Å². The number of ether oxygens (including phenoxy) is 2. The van der Waals surface area contributed by atoms with Gasteiger partial charge in [0.2, 0.25) is 0 Å². The van der Waals surface area contributed by atoms with E-state index in [-0.39, 0.29) is 20.0 Å². The van der Waals surface area contributed by atoms with Gasteiger partial charge in [0, 0.05) is 0 Å². The predicted molar refractivity (Wildman–Crippen MR) is 55.1 cm³/mol. The number of aliphatic hydroxyl groups excluding tert-OH is 2. The average molecular weight is 212 g/mol. The van der Waals surface area contributed by atoms with Crippen LogP contribution in [0.4, 0.5) is 0 Å². The summed E-state index contributed by atoms with van der Waals surface area (Å²) in [6, 6.07) is 9.74. The van der Waals surface area contributed by atoms with Gasteiger partial charge in [-0.3, -0.25) is 0 Å². The van der Waals surface area contributed by atoms with Crippen LogP contribution in [0.2, 0.25) is 0 Å². The number of hydrogen-bond donors (Lipinski definition) is 2. The molecule has 15 heavy (non-hydrogen) atoms. The zero-order valence-electron chi connectivity index (χ0n) is 8.50. The van der Waals surface area contributed by atoms with Crippen LogP contribution in [0.1, 0.15) is 5.56 Å². The molecule has 1 unspecified atom stereocenters. The smallest absolute Gasteiger partial charge is 0.147 e. The second-order valence-corrected chi connectivity index (χ2v) is 3.16. The van der Waals surface area contributed by atoms with Gasteiger partial charge in [0.15, 0.2) is 0 Å². The Hall–Kier alpha value is -0.940. The van der Waals surface area contributed by atoms with Gasteiger partial charge in [-0.05, 0) is 5.56 Å². The molecule has 0 saturated heterocycles. The fourth-order valence-electron chi connectivity index (χ4n) is 1.03. The van der Waals surface area contributed by atoms with Gasteiger partial charge in [-0.15, -0.1) is 0 Å². The van der Waals surface area contributed by atoms with Crippen LogP contribution in [0.3, 0.4) is 0 Å². The Balaban J connectivity index is 2.03. The van der Waals surface area contributed by atoms with Crippen molar-refractivity contribution in [1.29, 1.82) is 0 Å². The van der Waals surface area contributed by atoms with E-state index in [2.05, 4.69) is 0 Å². The SMILES string of the molecule is OCC(O)COCOCc1ccccc1. The molecule has 1 atom stereocenters. The summed E-state index contributed by atoms with van der Waals surface area (Å²) in [7, 11) is 0. The molecule has 0 amide bonds. The molecular formula is C11H16O4. The highest BCUT2D eigenvalue weighted by atomic mass is 16.7. The van der Waals surface area contributed by atoms with Crippen molar-refractivity contribution in [3.63, 3.8) is 0 Å². The summed E-state index contributed by atoms with van der Waals surface area (Å²) in [5, 5.41) is 17.4. The number of hydrogen-bond acceptors (Lipinski definition) is 4. The Morgan fingerprint density at radius 1 is 1.13 bits per heavy atom. The molecule has 0 spiro atoms. The zero-order chi connectivity index (χ0) is 10.9. The Labute approximate surface area is 89.1 Å². The molecule has 0 aromatic heterocycles. The Morgan fingerprint density at radius 2 is 1.87 bits per heavy atom. The van der Waals surface area contributed by atoms with E-state index in [9.17, 15) is 0 Å². The third-order valence-electron chi connectivity index (χ3n) is 1.80. The monoisotopic (exact) mass is 212 g/mol. The largest absolute Gasteiger partial charge is 0.394 e. The van der Waals surface area contributed by atoms with Crippen LogP contribution in [0, 0.1) is 0 Å². The molecule has 1 aromatic carbocycles. The van der Waals surface area contributed by atoms with E-state index in [0.717, 1.165) is 5.56 Å². The summed E-state index contributed by atoms with van der Waals surface area (Å²) >= 11 is 0. The summed E-state index contributed by atoms with van der Waals surface area (Å²) in [5.74, 6) is 0. The molecule has 0 aliphatic carbocycles. The normalized spacial score (nSPS) is 12.7. The standard InChI is InChI=1S/C11H16O4/c12-6-11(13)8-15-9-14-7-10-4-2-1-3-5-10/h1-5,11-13H,6-9H2. The van der Waals surface area contributed by atoms with E-state index in [1.807, 2.05) is 30.3 Å². The van der Waals surface area contributed by atoms with E-state index in [1.54, 1.807) is 0 Å². The van der Waals surface area contributed by atoms with Gasteiger partial charge < -0.3 is 19.7 Å². The van der Waals surface area contributed by atoms with Crippen molar-refractivity contribution >= 4 is 0 Å². The number of aliphatic hydroxyl groups is 2. The van der Waals surface area contributed by atoms with Crippen LogP contribution >= 0.6 is 0 Å². The van der Waals surface area contributed by atoms with Gasteiger partial charge in [-0.25, -0.2) is 0 Å². The average Bonchev–Trinajstić information content (AvgIpc) is 2.29. The summed E-state index contributed by atoms with van der Waals surface area (Å²) in [5.41, 5.74) is 1.07. The maximum Gasteiger partial charge on any atom is 0.147 e. The number of rotatable bonds is 7. The van der Waals surface area contributed by atoms with E-state index in [1.165, 1.54) is 0 Å². The lowest BCUT2D eigenvalue weighted by Gasteiger charge is -2.08. The summed E-state index contributed by atoms with van der Waals surface area (Å²) < 4.78 is 10.2. The Kier molecular flexibility index (Phi) is 5.96. The van der Waals surface area contributed by atoms with Crippen molar-refractivity contribution in [3.8, 4) is 0 Å². The topological polar surface area (TPSA) is 58.9 Å². The Bertz CT molecular complexity index is 250. The molecule has 0 radical (unpaired) electrons. The fourth-order valence-corrected chi connectivity index (χ4v) is 1.03. The summed E-state index contributed by atoms with van der Waals surface area (Å²) in [6.45, 7) is 0.395. The van der Waals surface area contributed by atoms with Crippen LogP contribution in [-0.4, -0.2) is 36.3 Å². The van der Waals surface area contributed by atoms with Gasteiger partial charge in [0.25, 0.3) is 0 Å². The molecule has 0 saturated carbocycles. The second kappa shape index (κ2) is 7.36. The molecule has 4 nitrogen and oxygen atoms in total. The first kappa shape index (κ1) is 12.1. The third kappa shape index (κ3) is 5.49. The van der Waals surface area contributed by atoms with Crippen molar-refractivity contribution in [2.45, 2.75) is 12.7 Å². The predicted octanol–water partition coefficient (Wildman–Crippen LogP) is 0.530. The lowest BCUT2D eigenvalue weighted by molar-refractivity contribution is -0.0913.